The zero-order valence-corrected chi connectivity index (χ0v) is 9.87. The van der Waals surface area contributed by atoms with Gasteiger partial charge in [0.1, 0.15) is 0 Å². The summed E-state index contributed by atoms with van der Waals surface area (Å²) in [5, 5.41) is 0. The van der Waals surface area contributed by atoms with Crippen LogP contribution in [0.1, 0.15) is 0 Å². The summed E-state index contributed by atoms with van der Waals surface area (Å²) >= 11 is 0. The molecule has 0 aromatic carbocycles. The molecule has 0 rings (SSSR count). The summed E-state index contributed by atoms with van der Waals surface area (Å²) < 4.78 is 17.3. The number of hydrogen-bond acceptors (Lipinski definition) is 6. The first-order chi connectivity index (χ1) is 4.00. The van der Waals surface area contributed by atoms with Crippen molar-refractivity contribution in [3.05, 3.63) is 0 Å². The van der Waals surface area contributed by atoms with Gasteiger partial charge < -0.3 is 39.4 Å². The van der Waals surface area contributed by atoms with Crippen molar-refractivity contribution in [3.8, 4) is 0 Å². The Morgan fingerprint density at radius 3 is 0.917 bits per heavy atom. The minimum Gasteiger partial charge on any atom is -0.822 e. The van der Waals surface area contributed by atoms with Crippen LogP contribution < -0.4 is 19.6 Å². The molecule has 0 bridgehead atoms. The third kappa shape index (κ3) is 1400. The molecule has 0 aromatic rings. The molecule has 0 spiro atoms. The van der Waals surface area contributed by atoms with E-state index in [1.807, 2.05) is 0 Å². The molecular weight excluding hydrogens is 390 g/mol. The zero-order chi connectivity index (χ0) is 9.00. The van der Waals surface area contributed by atoms with Gasteiger partial charge in [0, 0.05) is 21.1 Å². The molecule has 0 aliphatic rings. The fourth-order valence-electron chi connectivity index (χ4n) is 0. The SMILES string of the molecule is O.O=P([O-])(O)O.O=P([O-])([O-])[O-].[W]. The van der Waals surface area contributed by atoms with Crippen LogP contribution in [-0.4, -0.2) is 15.3 Å². The van der Waals surface area contributed by atoms with Crippen LogP contribution in [0.25, 0.3) is 0 Å². The summed E-state index contributed by atoms with van der Waals surface area (Å²) in [6.45, 7) is 0. The summed E-state index contributed by atoms with van der Waals surface area (Å²) in [5.74, 6) is 0. The average Bonchev–Trinajstić information content (AvgIpc) is 1.12. The second kappa shape index (κ2) is 8.47. The Morgan fingerprint density at radius 2 is 0.917 bits per heavy atom. The predicted molar refractivity (Wildman–Crippen MR) is 23.3 cm³/mol. The summed E-state index contributed by atoms with van der Waals surface area (Å²) in [4.78, 5) is 48.6. The molecule has 9 nitrogen and oxygen atoms in total. The third-order valence-corrected chi connectivity index (χ3v) is 0. The van der Waals surface area contributed by atoms with Crippen LogP contribution in [0.4, 0.5) is 0 Å². The standard InChI is InChI=1S/2H3O4P.H2O.W/c2*1-5(2,3)4;;/h2*(H3,1,2,3,4);1H2;/p-4. The van der Waals surface area contributed by atoms with E-state index in [4.69, 9.17) is 38.5 Å². The van der Waals surface area contributed by atoms with Crippen molar-refractivity contribution in [2.45, 2.75) is 0 Å². The fourth-order valence-corrected chi connectivity index (χ4v) is 0. The van der Waals surface area contributed by atoms with Gasteiger partial charge >= 0.3 is 0 Å². The Bertz CT molecular complexity index is 125. The van der Waals surface area contributed by atoms with Crippen molar-refractivity contribution in [2.24, 2.45) is 0 Å². The number of rotatable bonds is 0. The largest absolute Gasteiger partial charge is 0.822 e. The molecule has 0 radical (unpaired) electrons. The molecule has 4 N–H and O–H groups in total. The van der Waals surface area contributed by atoms with Gasteiger partial charge in [-0.15, -0.1) is 0 Å². The first-order valence-corrected chi connectivity index (χ1v) is 4.49. The molecule has 0 unspecified atom stereocenters. The second-order valence-electron chi connectivity index (χ2n) is 0.938. The molecule has 0 fully saturated rings. The quantitative estimate of drug-likeness (QED) is 0.380. The summed E-state index contributed by atoms with van der Waals surface area (Å²) in [6.07, 6.45) is 0. The van der Waals surface area contributed by atoms with Crippen LogP contribution in [0.2, 0.25) is 0 Å². The number of phosphoric acid groups is 2. The molecule has 0 aliphatic carbocycles. The molecule has 0 atom stereocenters. The van der Waals surface area contributed by atoms with Gasteiger partial charge in [-0.3, -0.25) is 4.57 Å². The van der Waals surface area contributed by atoms with Gasteiger partial charge in [0.05, 0.1) is 0 Å². The van der Waals surface area contributed by atoms with Gasteiger partial charge in [-0.25, -0.2) is 0 Å². The number of hydrogen-bond donors (Lipinski definition) is 2. The molecule has 0 amide bonds. The van der Waals surface area contributed by atoms with Crippen LogP contribution in [0, 0.1) is 0 Å². The van der Waals surface area contributed by atoms with E-state index in [2.05, 4.69) is 0 Å². The monoisotopic (exact) mass is 394 g/mol. The van der Waals surface area contributed by atoms with Gasteiger partial charge in [-0.2, -0.15) is 7.82 Å². The van der Waals surface area contributed by atoms with Crippen LogP contribution in [-0.2, 0) is 30.2 Å². The van der Waals surface area contributed by atoms with Crippen LogP contribution in [0.15, 0.2) is 0 Å². The molecule has 0 aromatic heterocycles. The summed E-state index contributed by atoms with van der Waals surface area (Å²) in [5.41, 5.74) is 0. The maximum Gasteiger partial charge on any atom is 0.262 e. The Balaban J connectivity index is -0.0000000457. The van der Waals surface area contributed by atoms with E-state index in [1.54, 1.807) is 0 Å². The van der Waals surface area contributed by atoms with Gasteiger partial charge in [0.2, 0.25) is 0 Å². The van der Waals surface area contributed by atoms with E-state index in [9.17, 15) is 0 Å². The average molecular weight is 394 g/mol. The molecule has 12 heteroatoms. The van der Waals surface area contributed by atoms with Crippen molar-refractivity contribution >= 4 is 15.6 Å². The van der Waals surface area contributed by atoms with E-state index >= 15 is 0 Å². The van der Waals surface area contributed by atoms with Crippen molar-refractivity contribution in [1.82, 2.24) is 0 Å². The Kier molecular flexibility index (Phi) is 16.3. The minimum absolute atomic E-state index is 0. The van der Waals surface area contributed by atoms with Gasteiger partial charge in [-0.1, -0.05) is 0 Å². The van der Waals surface area contributed by atoms with E-state index in [1.165, 1.54) is 0 Å². The smallest absolute Gasteiger partial charge is 0.262 e. The van der Waals surface area contributed by atoms with Gasteiger partial charge in [-0.05, 0) is 0 Å². The predicted octanol–water partition coefficient (Wildman–Crippen LogP) is -5.21. The topological polar surface area (TPSA) is 198 Å². The van der Waals surface area contributed by atoms with E-state index in [-0.39, 0.29) is 26.5 Å². The first-order valence-electron chi connectivity index (χ1n) is 1.50. The van der Waals surface area contributed by atoms with Gasteiger partial charge in [0.25, 0.3) is 7.82 Å². The fraction of sp³-hybridized carbons (Fsp3) is 0. The molecular formula is H4O9P2W-4. The van der Waals surface area contributed by atoms with E-state index < -0.39 is 15.6 Å². The first kappa shape index (κ1) is 23.0. The van der Waals surface area contributed by atoms with Crippen LogP contribution in [0.5, 0.6) is 0 Å². The maximum atomic E-state index is 8.77. The molecule has 0 heterocycles. The molecule has 0 saturated heterocycles. The van der Waals surface area contributed by atoms with Crippen molar-refractivity contribution in [1.29, 1.82) is 0 Å². The van der Waals surface area contributed by atoms with Crippen molar-refractivity contribution < 1.29 is 65.0 Å². The Hall–Kier alpha value is 0.868. The zero-order valence-electron chi connectivity index (χ0n) is 5.15. The van der Waals surface area contributed by atoms with Crippen LogP contribution in [0.3, 0.4) is 0 Å². The maximum absolute atomic E-state index is 8.77. The normalized spacial score (nSPS) is 9.83. The second-order valence-corrected chi connectivity index (χ2v) is 2.81. The summed E-state index contributed by atoms with van der Waals surface area (Å²) in [6, 6.07) is 0. The van der Waals surface area contributed by atoms with E-state index in [0.717, 1.165) is 0 Å². The van der Waals surface area contributed by atoms with E-state index in [0.29, 0.717) is 0 Å². The molecule has 12 heavy (non-hydrogen) atoms. The Labute approximate surface area is 81.1 Å². The molecule has 78 valence electrons. The molecule has 0 aliphatic heterocycles. The molecule has 0 saturated carbocycles. The minimum atomic E-state index is -5.39. The van der Waals surface area contributed by atoms with Gasteiger partial charge in [0.15, 0.2) is 0 Å². The Morgan fingerprint density at radius 1 is 0.917 bits per heavy atom. The van der Waals surface area contributed by atoms with Crippen molar-refractivity contribution in [3.63, 3.8) is 0 Å². The van der Waals surface area contributed by atoms with Crippen molar-refractivity contribution in [2.75, 3.05) is 0 Å². The third-order valence-electron chi connectivity index (χ3n) is 0. The summed E-state index contributed by atoms with van der Waals surface area (Å²) in [7, 11) is -10.3. The van der Waals surface area contributed by atoms with Crippen LogP contribution >= 0.6 is 15.6 Å².